The number of rotatable bonds is 2. The van der Waals surface area contributed by atoms with Gasteiger partial charge in [0.25, 0.3) is 0 Å². The smallest absolute Gasteiger partial charge is 0.200 e. The van der Waals surface area contributed by atoms with Crippen molar-refractivity contribution in [3.05, 3.63) is 75.0 Å². The van der Waals surface area contributed by atoms with Gasteiger partial charge in [-0.1, -0.05) is 12.1 Å². The van der Waals surface area contributed by atoms with E-state index in [1.54, 1.807) is 17.5 Å². The van der Waals surface area contributed by atoms with Crippen LogP contribution in [0.2, 0.25) is 0 Å². The molecule has 25 heavy (non-hydrogen) atoms. The van der Waals surface area contributed by atoms with Gasteiger partial charge < -0.3 is 5.32 Å². The summed E-state index contributed by atoms with van der Waals surface area (Å²) in [6.07, 6.45) is 1.74. The van der Waals surface area contributed by atoms with Crippen LogP contribution in [0.25, 0.3) is 21.6 Å². The number of nitrogens with zero attached hydrogens (tertiary/aromatic N) is 4. The fraction of sp³-hybridized carbons (Fsp3) is 0.0588. The van der Waals surface area contributed by atoms with Gasteiger partial charge in [-0.2, -0.15) is 16.4 Å². The molecule has 1 aliphatic heterocycles. The lowest BCUT2D eigenvalue weighted by molar-refractivity contribution is 0.315. The summed E-state index contributed by atoms with van der Waals surface area (Å²) in [6.45, 7) is 7.82. The lowest BCUT2D eigenvalue weighted by Gasteiger charge is -2.25. The molecule has 2 N–H and O–H groups in total. The van der Waals surface area contributed by atoms with Crippen LogP contribution in [-0.2, 0) is 0 Å². The van der Waals surface area contributed by atoms with Gasteiger partial charge in [-0.05, 0) is 44.3 Å². The molecule has 7 nitrogen and oxygen atoms in total. The van der Waals surface area contributed by atoms with Crippen LogP contribution in [-0.4, -0.2) is 20.5 Å². The zero-order valence-electron chi connectivity index (χ0n) is 12.7. The van der Waals surface area contributed by atoms with Crippen molar-refractivity contribution in [2.45, 2.75) is 5.92 Å². The molecule has 5 rings (SSSR count). The summed E-state index contributed by atoms with van der Waals surface area (Å²) in [5.41, 5.74) is 5.47. The standard InChI is InChI=1S/C17H10N6OS/c1-18-16-13(10-3-2-4-12-15(10)23-24-22-12)11-7-19-21-17(11)20-14(16)9-5-6-25-8-9/h2-8,13H,(H2,19,20,21). The predicted octanol–water partition coefficient (Wildman–Crippen LogP) is 3.85. The maximum absolute atomic E-state index is 7.82. The summed E-state index contributed by atoms with van der Waals surface area (Å²) in [5, 5.41) is 22.4. The Hall–Kier alpha value is -3.44. The fourth-order valence-electron chi connectivity index (χ4n) is 3.22. The topological polar surface area (TPSA) is 84.0 Å². The first-order chi connectivity index (χ1) is 12.4. The van der Waals surface area contributed by atoms with E-state index in [4.69, 9.17) is 11.2 Å². The summed E-state index contributed by atoms with van der Waals surface area (Å²) in [7, 11) is 0. The predicted molar refractivity (Wildman–Crippen MR) is 93.7 cm³/mol. The van der Waals surface area contributed by atoms with E-state index in [0.717, 1.165) is 28.2 Å². The molecule has 0 saturated heterocycles. The highest BCUT2D eigenvalue weighted by atomic mass is 32.1. The highest BCUT2D eigenvalue weighted by molar-refractivity contribution is 7.08. The summed E-state index contributed by atoms with van der Waals surface area (Å²) in [4.78, 5) is 3.86. The highest BCUT2D eigenvalue weighted by Crippen LogP contribution is 2.45. The van der Waals surface area contributed by atoms with Crippen LogP contribution >= 0.6 is 11.3 Å². The number of H-pyrrole nitrogens is 1. The molecule has 0 fully saturated rings. The molecule has 4 aromatic rings. The number of thiophene rings is 1. The quantitative estimate of drug-likeness (QED) is 0.539. The molecule has 1 aromatic carbocycles. The second-order valence-electron chi connectivity index (χ2n) is 5.62. The first-order valence-electron chi connectivity index (χ1n) is 7.52. The molecule has 0 amide bonds. The highest BCUT2D eigenvalue weighted by Gasteiger charge is 2.34. The van der Waals surface area contributed by atoms with E-state index in [2.05, 4.69) is 30.7 Å². The number of aromatic amines is 1. The molecule has 120 valence electrons. The van der Waals surface area contributed by atoms with Gasteiger partial charge in [-0.3, -0.25) is 5.10 Å². The Kier molecular flexibility index (Phi) is 2.95. The Morgan fingerprint density at radius 3 is 3.00 bits per heavy atom. The number of benzene rings is 1. The van der Waals surface area contributed by atoms with E-state index in [1.807, 2.05) is 35.0 Å². The van der Waals surface area contributed by atoms with Crippen LogP contribution in [0.1, 0.15) is 22.6 Å². The van der Waals surface area contributed by atoms with Gasteiger partial charge in [0, 0.05) is 11.3 Å². The SMILES string of the molecule is [C-]#[N+]C1=C(c2ccsc2)Nc2[nH]ncc2C1c1cccc2nonc12. The van der Waals surface area contributed by atoms with E-state index in [1.165, 1.54) is 0 Å². The van der Waals surface area contributed by atoms with Crippen molar-refractivity contribution in [2.24, 2.45) is 0 Å². The molecule has 0 spiro atoms. The fourth-order valence-corrected chi connectivity index (χ4v) is 3.86. The molecule has 4 heterocycles. The molecule has 3 aromatic heterocycles. The van der Waals surface area contributed by atoms with Crippen LogP contribution in [0.5, 0.6) is 0 Å². The van der Waals surface area contributed by atoms with E-state index in [0.29, 0.717) is 16.7 Å². The van der Waals surface area contributed by atoms with Crippen LogP contribution in [0.15, 0.2) is 51.5 Å². The van der Waals surface area contributed by atoms with Gasteiger partial charge in [0.15, 0.2) is 0 Å². The minimum Gasteiger partial charge on any atom is -0.349 e. The van der Waals surface area contributed by atoms with Crippen molar-refractivity contribution >= 4 is 33.9 Å². The van der Waals surface area contributed by atoms with Crippen molar-refractivity contribution in [1.29, 1.82) is 0 Å². The van der Waals surface area contributed by atoms with Crippen molar-refractivity contribution < 1.29 is 4.63 Å². The normalized spacial score (nSPS) is 16.5. The maximum Gasteiger partial charge on any atom is 0.200 e. The number of anilines is 1. The summed E-state index contributed by atoms with van der Waals surface area (Å²) < 4.78 is 4.90. The van der Waals surface area contributed by atoms with Crippen LogP contribution in [0, 0.1) is 6.57 Å². The van der Waals surface area contributed by atoms with Gasteiger partial charge in [0.2, 0.25) is 5.70 Å². The zero-order valence-corrected chi connectivity index (χ0v) is 13.5. The summed E-state index contributed by atoms with van der Waals surface area (Å²) in [6, 6.07) is 7.69. The lowest BCUT2D eigenvalue weighted by Crippen LogP contribution is -2.16. The molecule has 1 unspecified atom stereocenters. The summed E-state index contributed by atoms with van der Waals surface area (Å²) in [5.74, 6) is 0.491. The van der Waals surface area contributed by atoms with Gasteiger partial charge >= 0.3 is 0 Å². The number of hydrogen-bond donors (Lipinski definition) is 2. The number of nitrogens with one attached hydrogen (secondary N) is 2. The zero-order chi connectivity index (χ0) is 16.8. The molecular formula is C17H10N6OS. The molecule has 0 aliphatic carbocycles. The van der Waals surface area contributed by atoms with E-state index in [-0.39, 0.29) is 5.92 Å². The third kappa shape index (κ3) is 2.00. The van der Waals surface area contributed by atoms with Crippen molar-refractivity contribution in [2.75, 3.05) is 5.32 Å². The Morgan fingerprint density at radius 2 is 2.16 bits per heavy atom. The molecule has 0 bridgehead atoms. The largest absolute Gasteiger partial charge is 0.349 e. The average Bonchev–Trinajstić information content (AvgIpc) is 3.40. The van der Waals surface area contributed by atoms with E-state index < -0.39 is 0 Å². The van der Waals surface area contributed by atoms with Gasteiger partial charge in [0.1, 0.15) is 16.9 Å². The van der Waals surface area contributed by atoms with E-state index >= 15 is 0 Å². The minimum atomic E-state index is -0.294. The Balaban J connectivity index is 1.82. The molecule has 1 atom stereocenters. The first-order valence-corrected chi connectivity index (χ1v) is 8.46. The second-order valence-corrected chi connectivity index (χ2v) is 6.40. The van der Waals surface area contributed by atoms with Gasteiger partial charge in [0.05, 0.1) is 18.7 Å². The van der Waals surface area contributed by atoms with Crippen LogP contribution < -0.4 is 5.32 Å². The third-order valence-corrected chi connectivity index (χ3v) is 5.00. The van der Waals surface area contributed by atoms with E-state index in [9.17, 15) is 0 Å². The van der Waals surface area contributed by atoms with Crippen molar-refractivity contribution in [1.82, 2.24) is 20.5 Å². The Bertz CT molecular complexity index is 1150. The second kappa shape index (κ2) is 5.29. The Labute approximate surface area is 145 Å². The number of aromatic nitrogens is 4. The molecule has 1 aliphatic rings. The first kappa shape index (κ1) is 13.9. The minimum absolute atomic E-state index is 0.294. The summed E-state index contributed by atoms with van der Waals surface area (Å²) >= 11 is 1.59. The number of allylic oxidation sites excluding steroid dienone is 1. The number of fused-ring (bicyclic) bond motifs is 2. The average molecular weight is 346 g/mol. The molecule has 0 radical (unpaired) electrons. The Morgan fingerprint density at radius 1 is 1.20 bits per heavy atom. The number of hydrogen-bond acceptors (Lipinski definition) is 6. The monoisotopic (exact) mass is 346 g/mol. The van der Waals surface area contributed by atoms with Gasteiger partial charge in [-0.25, -0.2) is 9.47 Å². The molecular weight excluding hydrogens is 336 g/mol. The van der Waals surface area contributed by atoms with Crippen molar-refractivity contribution in [3.63, 3.8) is 0 Å². The molecule has 8 heteroatoms. The van der Waals surface area contributed by atoms with Crippen LogP contribution in [0.4, 0.5) is 5.82 Å². The maximum atomic E-state index is 7.82. The van der Waals surface area contributed by atoms with Gasteiger partial charge in [-0.15, -0.1) is 0 Å². The lowest BCUT2D eigenvalue weighted by atomic mass is 9.85. The van der Waals surface area contributed by atoms with Crippen molar-refractivity contribution in [3.8, 4) is 0 Å². The molecule has 0 saturated carbocycles. The van der Waals surface area contributed by atoms with Crippen LogP contribution in [0.3, 0.4) is 0 Å². The third-order valence-electron chi connectivity index (χ3n) is 4.32.